The number of carbonyl (C=O) groups excluding carboxylic acids is 1. The monoisotopic (exact) mass is 270 g/mol. The molecule has 0 radical (unpaired) electrons. The van der Waals surface area contributed by atoms with E-state index < -0.39 is 0 Å². The molecule has 0 aliphatic carbocycles. The maximum absolute atomic E-state index is 12.0. The Morgan fingerprint density at radius 2 is 1.70 bits per heavy atom. The molecular formula is C16H18N2O2. The van der Waals surface area contributed by atoms with Gasteiger partial charge in [0, 0.05) is 24.8 Å². The molecule has 0 aliphatic rings. The van der Waals surface area contributed by atoms with Crippen LogP contribution < -0.4 is 15.4 Å². The minimum absolute atomic E-state index is 0.0801. The van der Waals surface area contributed by atoms with Crippen LogP contribution >= 0.6 is 0 Å². The Balaban J connectivity index is 1.93. The molecule has 0 heterocycles. The summed E-state index contributed by atoms with van der Waals surface area (Å²) in [7, 11) is 3.48. The third kappa shape index (κ3) is 3.51. The minimum Gasteiger partial charge on any atom is -0.497 e. The van der Waals surface area contributed by atoms with Gasteiger partial charge in [0.2, 0.25) is 0 Å². The molecule has 2 aromatic carbocycles. The van der Waals surface area contributed by atoms with Crippen molar-refractivity contribution in [2.75, 3.05) is 19.5 Å². The Hall–Kier alpha value is -2.49. The summed E-state index contributed by atoms with van der Waals surface area (Å²) in [5.74, 6) is 0.728. The number of rotatable bonds is 5. The van der Waals surface area contributed by atoms with Gasteiger partial charge in [-0.1, -0.05) is 12.1 Å². The van der Waals surface area contributed by atoms with E-state index in [0.29, 0.717) is 12.1 Å². The first-order valence-electron chi connectivity index (χ1n) is 6.42. The van der Waals surface area contributed by atoms with Crippen molar-refractivity contribution in [3.05, 3.63) is 59.7 Å². The number of benzene rings is 2. The molecule has 20 heavy (non-hydrogen) atoms. The molecule has 2 aromatic rings. The lowest BCUT2D eigenvalue weighted by Gasteiger charge is -2.07. The van der Waals surface area contributed by atoms with Crippen LogP contribution in [-0.4, -0.2) is 20.1 Å². The van der Waals surface area contributed by atoms with E-state index in [-0.39, 0.29) is 5.91 Å². The largest absolute Gasteiger partial charge is 0.497 e. The third-order valence-electron chi connectivity index (χ3n) is 3.05. The zero-order chi connectivity index (χ0) is 14.4. The van der Waals surface area contributed by atoms with Crippen LogP contribution in [0.2, 0.25) is 0 Å². The number of carbonyl (C=O) groups is 1. The number of anilines is 1. The van der Waals surface area contributed by atoms with Gasteiger partial charge in [0.15, 0.2) is 0 Å². The van der Waals surface area contributed by atoms with E-state index in [4.69, 9.17) is 4.74 Å². The summed E-state index contributed by atoms with van der Waals surface area (Å²) in [5, 5.41) is 5.91. The van der Waals surface area contributed by atoms with E-state index >= 15 is 0 Å². The fourth-order valence-corrected chi connectivity index (χ4v) is 1.82. The van der Waals surface area contributed by atoms with Gasteiger partial charge in [-0.3, -0.25) is 4.79 Å². The third-order valence-corrected chi connectivity index (χ3v) is 3.05. The summed E-state index contributed by atoms with van der Waals surface area (Å²) < 4.78 is 5.09. The van der Waals surface area contributed by atoms with E-state index in [0.717, 1.165) is 17.0 Å². The van der Waals surface area contributed by atoms with Gasteiger partial charge >= 0.3 is 0 Å². The maximum Gasteiger partial charge on any atom is 0.251 e. The molecule has 0 atom stereocenters. The molecule has 4 nitrogen and oxygen atoms in total. The molecule has 0 saturated carbocycles. The van der Waals surface area contributed by atoms with Crippen molar-refractivity contribution >= 4 is 11.6 Å². The van der Waals surface area contributed by atoms with E-state index in [1.54, 1.807) is 19.2 Å². The molecule has 4 heteroatoms. The minimum atomic E-state index is -0.0801. The molecule has 0 aromatic heterocycles. The lowest BCUT2D eigenvalue weighted by atomic mass is 10.1. The number of ether oxygens (including phenoxy) is 1. The van der Waals surface area contributed by atoms with Crippen LogP contribution in [-0.2, 0) is 6.54 Å². The second-order valence-electron chi connectivity index (χ2n) is 4.36. The lowest BCUT2D eigenvalue weighted by Crippen LogP contribution is -2.22. The fourth-order valence-electron chi connectivity index (χ4n) is 1.82. The second-order valence-corrected chi connectivity index (χ2v) is 4.36. The van der Waals surface area contributed by atoms with E-state index in [9.17, 15) is 4.79 Å². The highest BCUT2D eigenvalue weighted by atomic mass is 16.5. The fraction of sp³-hybridized carbons (Fsp3) is 0.188. The number of hydrogen-bond acceptors (Lipinski definition) is 3. The molecule has 0 fully saturated rings. The van der Waals surface area contributed by atoms with Crippen LogP contribution in [0.15, 0.2) is 48.5 Å². The van der Waals surface area contributed by atoms with Gasteiger partial charge in [0.05, 0.1) is 7.11 Å². The second kappa shape index (κ2) is 6.61. The average molecular weight is 270 g/mol. The standard InChI is InChI=1S/C16H18N2O2/c1-17-14-7-5-13(6-8-14)16(19)18-11-12-3-9-15(20-2)10-4-12/h3-10,17H,11H2,1-2H3,(H,18,19). The summed E-state index contributed by atoms with van der Waals surface area (Å²) in [6.07, 6.45) is 0. The zero-order valence-corrected chi connectivity index (χ0v) is 11.6. The van der Waals surface area contributed by atoms with E-state index in [2.05, 4.69) is 10.6 Å². The molecule has 0 spiro atoms. The normalized spacial score (nSPS) is 9.90. The average Bonchev–Trinajstić information content (AvgIpc) is 2.53. The molecule has 104 valence electrons. The number of nitrogens with one attached hydrogen (secondary N) is 2. The first-order chi connectivity index (χ1) is 9.72. The van der Waals surface area contributed by atoms with Crippen molar-refractivity contribution in [3.8, 4) is 5.75 Å². The molecule has 2 rings (SSSR count). The Kier molecular flexibility index (Phi) is 4.60. The summed E-state index contributed by atoms with van der Waals surface area (Å²) in [6.45, 7) is 0.497. The first-order valence-corrected chi connectivity index (χ1v) is 6.42. The summed E-state index contributed by atoms with van der Waals surface area (Å²) in [5.41, 5.74) is 2.67. The van der Waals surface area contributed by atoms with Crippen molar-refractivity contribution in [3.63, 3.8) is 0 Å². The highest BCUT2D eigenvalue weighted by Crippen LogP contribution is 2.12. The Morgan fingerprint density at radius 1 is 1.05 bits per heavy atom. The highest BCUT2D eigenvalue weighted by molar-refractivity contribution is 5.94. The topological polar surface area (TPSA) is 50.4 Å². The van der Waals surface area contributed by atoms with Gasteiger partial charge in [-0.25, -0.2) is 0 Å². The molecule has 2 N–H and O–H groups in total. The van der Waals surface area contributed by atoms with Gasteiger partial charge in [0.1, 0.15) is 5.75 Å². The molecule has 0 saturated heterocycles. The zero-order valence-electron chi connectivity index (χ0n) is 11.6. The highest BCUT2D eigenvalue weighted by Gasteiger charge is 2.04. The summed E-state index contributed by atoms with van der Waals surface area (Å²) in [6, 6.07) is 15.0. The van der Waals surface area contributed by atoms with Crippen molar-refractivity contribution in [1.82, 2.24) is 5.32 Å². The van der Waals surface area contributed by atoms with Gasteiger partial charge < -0.3 is 15.4 Å². The Morgan fingerprint density at radius 3 is 2.25 bits per heavy atom. The molecule has 1 amide bonds. The van der Waals surface area contributed by atoms with Gasteiger partial charge in [-0.15, -0.1) is 0 Å². The number of hydrogen-bond donors (Lipinski definition) is 2. The van der Waals surface area contributed by atoms with Crippen molar-refractivity contribution in [2.24, 2.45) is 0 Å². The predicted molar refractivity (Wildman–Crippen MR) is 80.2 cm³/mol. The van der Waals surface area contributed by atoms with Crippen molar-refractivity contribution < 1.29 is 9.53 Å². The van der Waals surface area contributed by atoms with Crippen LogP contribution in [0.3, 0.4) is 0 Å². The predicted octanol–water partition coefficient (Wildman–Crippen LogP) is 2.67. The van der Waals surface area contributed by atoms with Crippen LogP contribution in [0.5, 0.6) is 5.75 Å². The Bertz CT molecular complexity index is 562. The van der Waals surface area contributed by atoms with E-state index in [1.807, 2.05) is 43.4 Å². The van der Waals surface area contributed by atoms with Crippen molar-refractivity contribution in [1.29, 1.82) is 0 Å². The molecule has 0 bridgehead atoms. The molecule has 0 aliphatic heterocycles. The van der Waals surface area contributed by atoms with Crippen LogP contribution in [0.4, 0.5) is 5.69 Å². The quantitative estimate of drug-likeness (QED) is 0.878. The van der Waals surface area contributed by atoms with Gasteiger partial charge in [-0.05, 0) is 42.0 Å². The smallest absolute Gasteiger partial charge is 0.251 e. The van der Waals surface area contributed by atoms with Gasteiger partial charge in [-0.2, -0.15) is 0 Å². The van der Waals surface area contributed by atoms with Crippen LogP contribution in [0.25, 0.3) is 0 Å². The van der Waals surface area contributed by atoms with E-state index in [1.165, 1.54) is 0 Å². The SMILES string of the molecule is CNc1ccc(C(=O)NCc2ccc(OC)cc2)cc1. The summed E-state index contributed by atoms with van der Waals surface area (Å²) >= 11 is 0. The number of amides is 1. The van der Waals surface area contributed by atoms with Gasteiger partial charge in [0.25, 0.3) is 5.91 Å². The van der Waals surface area contributed by atoms with Crippen LogP contribution in [0, 0.1) is 0 Å². The Labute approximate surface area is 118 Å². The lowest BCUT2D eigenvalue weighted by molar-refractivity contribution is 0.0951. The van der Waals surface area contributed by atoms with Crippen LogP contribution in [0.1, 0.15) is 15.9 Å². The number of methoxy groups -OCH3 is 1. The molecule has 0 unspecified atom stereocenters. The summed E-state index contributed by atoms with van der Waals surface area (Å²) in [4.78, 5) is 12.0. The van der Waals surface area contributed by atoms with Crippen molar-refractivity contribution in [2.45, 2.75) is 6.54 Å². The molecular weight excluding hydrogens is 252 g/mol. The first kappa shape index (κ1) is 13.9. The maximum atomic E-state index is 12.0.